The van der Waals surface area contributed by atoms with Crippen LogP contribution in [0.3, 0.4) is 0 Å². The van der Waals surface area contributed by atoms with Crippen LogP contribution in [-0.4, -0.2) is 24.7 Å². The van der Waals surface area contributed by atoms with E-state index >= 15 is 0 Å². The predicted octanol–water partition coefficient (Wildman–Crippen LogP) is 3.45. The molecule has 1 heterocycles. The molecule has 1 aromatic carbocycles. The zero-order valence-corrected chi connectivity index (χ0v) is 11.2. The Balaban J connectivity index is 2.12. The highest BCUT2D eigenvalue weighted by Crippen LogP contribution is 2.35. The number of ether oxygens (including phenoxy) is 1. The standard InChI is InChI=1S/C13H15F3N2O3/c14-13(15,16)10-1-2-11(12(7-10)18(19)20)17-8-9-3-5-21-6-4-9/h1-2,7,9,17H,3-6,8H2. The summed E-state index contributed by atoms with van der Waals surface area (Å²) in [5, 5.41) is 13.8. The minimum Gasteiger partial charge on any atom is -0.381 e. The predicted molar refractivity (Wildman–Crippen MR) is 70.1 cm³/mol. The second-order valence-electron chi connectivity index (χ2n) is 4.92. The molecule has 1 aromatic rings. The van der Waals surface area contributed by atoms with Crippen molar-refractivity contribution in [2.45, 2.75) is 19.0 Å². The molecule has 8 heteroatoms. The lowest BCUT2D eigenvalue weighted by Crippen LogP contribution is -2.23. The van der Waals surface area contributed by atoms with E-state index in [-0.39, 0.29) is 5.69 Å². The Morgan fingerprint density at radius 2 is 2.00 bits per heavy atom. The molecule has 1 fully saturated rings. The fourth-order valence-corrected chi connectivity index (χ4v) is 2.21. The van der Waals surface area contributed by atoms with Crippen LogP contribution in [0.4, 0.5) is 24.5 Å². The number of nitrogens with zero attached hydrogens (tertiary/aromatic N) is 1. The third-order valence-electron chi connectivity index (χ3n) is 3.44. The molecule has 116 valence electrons. The van der Waals surface area contributed by atoms with Gasteiger partial charge in [-0.05, 0) is 30.9 Å². The van der Waals surface area contributed by atoms with Gasteiger partial charge in [-0.1, -0.05) is 0 Å². The van der Waals surface area contributed by atoms with Gasteiger partial charge in [-0.25, -0.2) is 0 Å². The lowest BCUT2D eigenvalue weighted by Gasteiger charge is -2.22. The van der Waals surface area contributed by atoms with Gasteiger partial charge < -0.3 is 10.1 Å². The Hall–Kier alpha value is -1.83. The summed E-state index contributed by atoms with van der Waals surface area (Å²) >= 11 is 0. The van der Waals surface area contributed by atoms with Gasteiger partial charge in [0.2, 0.25) is 0 Å². The maximum atomic E-state index is 12.6. The third-order valence-corrected chi connectivity index (χ3v) is 3.44. The molecule has 0 saturated carbocycles. The molecule has 0 aromatic heterocycles. The molecule has 0 atom stereocenters. The molecule has 1 aliphatic heterocycles. The van der Waals surface area contributed by atoms with Crippen LogP contribution in [-0.2, 0) is 10.9 Å². The fourth-order valence-electron chi connectivity index (χ4n) is 2.21. The monoisotopic (exact) mass is 304 g/mol. The van der Waals surface area contributed by atoms with Gasteiger partial charge in [0.05, 0.1) is 10.5 Å². The number of halogens is 3. The zero-order valence-electron chi connectivity index (χ0n) is 11.2. The Kier molecular flexibility index (Phi) is 4.66. The topological polar surface area (TPSA) is 64.4 Å². The quantitative estimate of drug-likeness (QED) is 0.683. The van der Waals surface area contributed by atoms with Crippen molar-refractivity contribution in [3.8, 4) is 0 Å². The number of rotatable bonds is 4. The first kappa shape index (κ1) is 15.6. The summed E-state index contributed by atoms with van der Waals surface area (Å²) < 4.78 is 43.0. The van der Waals surface area contributed by atoms with Crippen LogP contribution >= 0.6 is 0 Å². The molecular formula is C13H15F3N2O3. The average Bonchev–Trinajstić information content (AvgIpc) is 2.45. The van der Waals surface area contributed by atoms with E-state index < -0.39 is 22.4 Å². The molecule has 1 N–H and O–H groups in total. The van der Waals surface area contributed by atoms with Crippen molar-refractivity contribution in [3.63, 3.8) is 0 Å². The van der Waals surface area contributed by atoms with Gasteiger partial charge in [0.1, 0.15) is 5.69 Å². The second-order valence-corrected chi connectivity index (χ2v) is 4.92. The summed E-state index contributed by atoms with van der Waals surface area (Å²) in [5.74, 6) is 0.306. The van der Waals surface area contributed by atoms with Crippen LogP contribution in [0.5, 0.6) is 0 Å². The summed E-state index contributed by atoms with van der Waals surface area (Å²) in [5.41, 5.74) is -1.47. The van der Waals surface area contributed by atoms with Crippen LogP contribution < -0.4 is 5.32 Å². The molecule has 2 rings (SSSR count). The van der Waals surface area contributed by atoms with Gasteiger partial charge in [0.15, 0.2) is 0 Å². The maximum absolute atomic E-state index is 12.6. The molecule has 0 amide bonds. The largest absolute Gasteiger partial charge is 0.416 e. The molecular weight excluding hydrogens is 289 g/mol. The summed E-state index contributed by atoms with van der Waals surface area (Å²) in [6.07, 6.45) is -2.92. The molecule has 5 nitrogen and oxygen atoms in total. The van der Waals surface area contributed by atoms with E-state index in [0.717, 1.165) is 25.0 Å². The Morgan fingerprint density at radius 3 is 2.57 bits per heavy atom. The highest BCUT2D eigenvalue weighted by Gasteiger charge is 2.33. The number of nitrogens with one attached hydrogen (secondary N) is 1. The number of alkyl halides is 3. The summed E-state index contributed by atoms with van der Waals surface area (Å²) in [4.78, 5) is 10.1. The molecule has 1 aliphatic rings. The van der Waals surface area contributed by atoms with Crippen LogP contribution in [0.15, 0.2) is 18.2 Å². The van der Waals surface area contributed by atoms with E-state index in [1.165, 1.54) is 0 Å². The van der Waals surface area contributed by atoms with Gasteiger partial charge in [-0.15, -0.1) is 0 Å². The molecule has 0 radical (unpaired) electrons. The molecule has 0 aliphatic carbocycles. The van der Waals surface area contributed by atoms with Crippen molar-refractivity contribution < 1.29 is 22.8 Å². The second kappa shape index (κ2) is 6.30. The summed E-state index contributed by atoms with van der Waals surface area (Å²) in [6, 6.07) is 2.52. The molecule has 1 saturated heterocycles. The highest BCUT2D eigenvalue weighted by molar-refractivity contribution is 5.63. The van der Waals surface area contributed by atoms with Crippen LogP contribution in [0.2, 0.25) is 0 Å². The third kappa shape index (κ3) is 4.07. The smallest absolute Gasteiger partial charge is 0.381 e. The SMILES string of the molecule is O=[N+]([O-])c1cc(C(F)(F)F)ccc1NCC1CCOCC1. The summed E-state index contributed by atoms with van der Waals surface area (Å²) in [6.45, 7) is 1.76. The Labute approximate surface area is 119 Å². The van der Waals surface area contributed by atoms with Crippen molar-refractivity contribution in [1.82, 2.24) is 0 Å². The van der Waals surface area contributed by atoms with Gasteiger partial charge in [0.25, 0.3) is 5.69 Å². The van der Waals surface area contributed by atoms with E-state index in [1.807, 2.05) is 0 Å². The molecule has 21 heavy (non-hydrogen) atoms. The highest BCUT2D eigenvalue weighted by atomic mass is 19.4. The minimum absolute atomic E-state index is 0.111. The number of nitro benzene ring substituents is 1. The minimum atomic E-state index is -4.59. The van der Waals surface area contributed by atoms with E-state index in [0.29, 0.717) is 31.7 Å². The van der Waals surface area contributed by atoms with Crippen molar-refractivity contribution in [2.24, 2.45) is 5.92 Å². The maximum Gasteiger partial charge on any atom is 0.416 e. The van der Waals surface area contributed by atoms with E-state index in [9.17, 15) is 23.3 Å². The van der Waals surface area contributed by atoms with Gasteiger partial charge in [0, 0.05) is 25.8 Å². The number of anilines is 1. The molecule has 0 unspecified atom stereocenters. The van der Waals surface area contributed by atoms with Gasteiger partial charge in [-0.3, -0.25) is 10.1 Å². The van der Waals surface area contributed by atoms with Gasteiger partial charge >= 0.3 is 6.18 Å². The lowest BCUT2D eigenvalue weighted by atomic mass is 10.0. The number of nitro groups is 1. The first-order valence-corrected chi connectivity index (χ1v) is 6.55. The first-order valence-electron chi connectivity index (χ1n) is 6.55. The van der Waals surface area contributed by atoms with Gasteiger partial charge in [-0.2, -0.15) is 13.2 Å². The van der Waals surface area contributed by atoms with Crippen LogP contribution in [0.1, 0.15) is 18.4 Å². The van der Waals surface area contributed by atoms with Crippen molar-refractivity contribution in [2.75, 3.05) is 25.1 Å². The first-order chi connectivity index (χ1) is 9.88. The Morgan fingerprint density at radius 1 is 1.33 bits per heavy atom. The van der Waals surface area contributed by atoms with Crippen molar-refractivity contribution >= 4 is 11.4 Å². The van der Waals surface area contributed by atoms with E-state index in [4.69, 9.17) is 4.74 Å². The Bertz CT molecular complexity index is 514. The van der Waals surface area contributed by atoms with E-state index in [1.54, 1.807) is 0 Å². The van der Waals surface area contributed by atoms with Crippen molar-refractivity contribution in [3.05, 3.63) is 33.9 Å². The number of hydrogen-bond acceptors (Lipinski definition) is 4. The van der Waals surface area contributed by atoms with E-state index in [2.05, 4.69) is 5.32 Å². The lowest BCUT2D eigenvalue weighted by molar-refractivity contribution is -0.384. The normalized spacial score (nSPS) is 16.7. The fraction of sp³-hybridized carbons (Fsp3) is 0.538. The molecule has 0 spiro atoms. The summed E-state index contributed by atoms with van der Waals surface area (Å²) in [7, 11) is 0. The molecule has 0 bridgehead atoms. The van der Waals surface area contributed by atoms with Crippen LogP contribution in [0, 0.1) is 16.0 Å². The number of benzene rings is 1. The zero-order chi connectivity index (χ0) is 15.5. The van der Waals surface area contributed by atoms with Crippen molar-refractivity contribution in [1.29, 1.82) is 0 Å². The van der Waals surface area contributed by atoms with Crippen LogP contribution in [0.25, 0.3) is 0 Å². The average molecular weight is 304 g/mol. The number of hydrogen-bond donors (Lipinski definition) is 1.